The highest BCUT2D eigenvalue weighted by atomic mass is 79.9. The zero-order valence-corrected chi connectivity index (χ0v) is 14.6. The van der Waals surface area contributed by atoms with Gasteiger partial charge in [0.2, 0.25) is 0 Å². The first-order chi connectivity index (χ1) is 9.02. The van der Waals surface area contributed by atoms with E-state index in [1.165, 1.54) is 0 Å². The van der Waals surface area contributed by atoms with Crippen molar-refractivity contribution in [2.45, 2.75) is 4.83 Å². The van der Waals surface area contributed by atoms with Crippen LogP contribution in [0.3, 0.4) is 0 Å². The second-order valence-corrected chi connectivity index (χ2v) is 6.59. The third-order valence-electron chi connectivity index (χ3n) is 2.70. The summed E-state index contributed by atoms with van der Waals surface area (Å²) in [5, 5.41) is 1.35. The minimum atomic E-state index is -0.0915. The van der Waals surface area contributed by atoms with E-state index in [4.69, 9.17) is 27.9 Å². The van der Waals surface area contributed by atoms with Crippen LogP contribution in [0, 0.1) is 0 Å². The van der Waals surface area contributed by atoms with Crippen molar-refractivity contribution in [3.8, 4) is 5.75 Å². The fraction of sp³-hybridized carbons (Fsp3) is 0.143. The van der Waals surface area contributed by atoms with Crippen LogP contribution < -0.4 is 4.74 Å². The summed E-state index contributed by atoms with van der Waals surface area (Å²) in [4.78, 5) is -0.0915. The van der Waals surface area contributed by atoms with E-state index in [2.05, 4.69) is 31.9 Å². The predicted octanol–water partition coefficient (Wildman–Crippen LogP) is 6.25. The van der Waals surface area contributed by atoms with Gasteiger partial charge in [-0.3, -0.25) is 0 Å². The second-order valence-electron chi connectivity index (χ2n) is 3.91. The van der Waals surface area contributed by atoms with Crippen molar-refractivity contribution in [1.82, 2.24) is 0 Å². The Balaban J connectivity index is 2.51. The lowest BCUT2D eigenvalue weighted by Gasteiger charge is -2.16. The first-order valence-corrected chi connectivity index (χ1v) is 7.92. The van der Waals surface area contributed by atoms with Gasteiger partial charge in [0.1, 0.15) is 5.75 Å². The molecule has 0 spiro atoms. The van der Waals surface area contributed by atoms with Crippen molar-refractivity contribution in [3.05, 3.63) is 62.0 Å². The minimum absolute atomic E-state index is 0.0915. The van der Waals surface area contributed by atoms with Crippen LogP contribution in [0.5, 0.6) is 5.75 Å². The predicted molar refractivity (Wildman–Crippen MR) is 87.9 cm³/mol. The molecule has 19 heavy (non-hydrogen) atoms. The molecule has 0 saturated heterocycles. The molecule has 0 amide bonds. The van der Waals surface area contributed by atoms with E-state index < -0.39 is 0 Å². The smallest absolute Gasteiger partial charge is 0.123 e. The molecule has 1 unspecified atom stereocenters. The van der Waals surface area contributed by atoms with Crippen LogP contribution in [0.15, 0.2) is 40.9 Å². The highest BCUT2D eigenvalue weighted by molar-refractivity contribution is 9.10. The van der Waals surface area contributed by atoms with Crippen LogP contribution in [0.2, 0.25) is 10.0 Å². The Hall–Kier alpha value is -0.220. The van der Waals surface area contributed by atoms with E-state index in [-0.39, 0.29) is 4.83 Å². The Morgan fingerprint density at radius 3 is 2.47 bits per heavy atom. The second kappa shape index (κ2) is 6.49. The molecule has 0 bridgehead atoms. The summed E-state index contributed by atoms with van der Waals surface area (Å²) in [5.41, 5.74) is 1.90. The number of alkyl halides is 1. The molecule has 0 heterocycles. The van der Waals surface area contributed by atoms with Crippen LogP contribution in [0.1, 0.15) is 16.0 Å². The van der Waals surface area contributed by atoms with E-state index in [9.17, 15) is 0 Å². The Labute approximate surface area is 139 Å². The summed E-state index contributed by atoms with van der Waals surface area (Å²) < 4.78 is 6.34. The highest BCUT2D eigenvalue weighted by Gasteiger charge is 2.18. The lowest BCUT2D eigenvalue weighted by Crippen LogP contribution is -1.98. The van der Waals surface area contributed by atoms with Gasteiger partial charge in [0.15, 0.2) is 0 Å². The summed E-state index contributed by atoms with van der Waals surface area (Å²) >= 11 is 19.4. The fourth-order valence-corrected chi connectivity index (χ4v) is 3.43. The highest BCUT2D eigenvalue weighted by Crippen LogP contribution is 2.41. The fourth-order valence-electron chi connectivity index (χ4n) is 1.78. The summed E-state index contributed by atoms with van der Waals surface area (Å²) in [6, 6.07) is 11.2. The molecule has 1 nitrogen and oxygen atoms in total. The molecule has 0 N–H and O–H groups in total. The van der Waals surface area contributed by atoms with Gasteiger partial charge in [-0.15, -0.1) is 0 Å². The third-order valence-corrected chi connectivity index (χ3v) is 4.75. The van der Waals surface area contributed by atoms with Crippen molar-refractivity contribution >= 4 is 55.1 Å². The van der Waals surface area contributed by atoms with Gasteiger partial charge in [-0.2, -0.15) is 0 Å². The monoisotopic (exact) mass is 422 g/mol. The molecule has 0 aliphatic carbocycles. The molecule has 2 aromatic rings. The Kier molecular flexibility index (Phi) is 5.18. The van der Waals surface area contributed by atoms with Gasteiger partial charge in [-0.05, 0) is 42.0 Å². The quantitative estimate of drug-likeness (QED) is 0.529. The first-order valence-electron chi connectivity index (χ1n) is 5.45. The van der Waals surface area contributed by atoms with Gasteiger partial charge < -0.3 is 4.74 Å². The average molecular weight is 425 g/mol. The van der Waals surface area contributed by atoms with E-state index in [0.717, 1.165) is 21.3 Å². The van der Waals surface area contributed by atoms with Gasteiger partial charge in [0.25, 0.3) is 0 Å². The molecule has 100 valence electrons. The Morgan fingerprint density at radius 2 is 1.79 bits per heavy atom. The molecule has 0 radical (unpaired) electrons. The van der Waals surface area contributed by atoms with Gasteiger partial charge in [0.05, 0.1) is 11.9 Å². The topological polar surface area (TPSA) is 9.23 Å². The van der Waals surface area contributed by atoms with E-state index >= 15 is 0 Å². The number of hydrogen-bond donors (Lipinski definition) is 0. The third kappa shape index (κ3) is 3.46. The maximum atomic E-state index is 6.25. The summed E-state index contributed by atoms with van der Waals surface area (Å²) in [5.74, 6) is 0.766. The lowest BCUT2D eigenvalue weighted by atomic mass is 10.0. The van der Waals surface area contributed by atoms with Crippen molar-refractivity contribution in [2.75, 3.05) is 7.11 Å². The number of ether oxygens (including phenoxy) is 1. The van der Waals surface area contributed by atoms with Crippen molar-refractivity contribution in [3.63, 3.8) is 0 Å². The zero-order valence-electron chi connectivity index (χ0n) is 9.96. The largest absolute Gasteiger partial charge is 0.496 e. The van der Waals surface area contributed by atoms with Crippen LogP contribution >= 0.6 is 55.1 Å². The first kappa shape index (κ1) is 15.2. The molecule has 2 aromatic carbocycles. The molecular formula is C14H10Br2Cl2O. The van der Waals surface area contributed by atoms with Gasteiger partial charge in [-0.1, -0.05) is 55.1 Å². The van der Waals surface area contributed by atoms with E-state index in [0.29, 0.717) is 10.0 Å². The molecule has 0 saturated carbocycles. The van der Waals surface area contributed by atoms with Crippen LogP contribution in [0.25, 0.3) is 0 Å². The van der Waals surface area contributed by atoms with Gasteiger partial charge >= 0.3 is 0 Å². The summed E-state index contributed by atoms with van der Waals surface area (Å²) in [6.07, 6.45) is 0. The maximum Gasteiger partial charge on any atom is 0.123 e. The molecule has 0 aromatic heterocycles. The van der Waals surface area contributed by atoms with Crippen LogP contribution in [-0.2, 0) is 0 Å². The SMILES string of the molecule is COc1ccc(Cl)cc1C(Br)c1cc(Br)ccc1Cl. The normalized spacial score (nSPS) is 12.3. The number of rotatable bonds is 3. The van der Waals surface area contributed by atoms with Crippen molar-refractivity contribution in [2.24, 2.45) is 0 Å². The molecule has 0 aliphatic rings. The maximum absolute atomic E-state index is 6.25. The molecular weight excluding hydrogens is 415 g/mol. The Morgan fingerprint density at radius 1 is 1.05 bits per heavy atom. The average Bonchev–Trinajstić information content (AvgIpc) is 2.40. The molecule has 2 rings (SSSR count). The number of hydrogen-bond acceptors (Lipinski definition) is 1. The number of methoxy groups -OCH3 is 1. The Bertz CT molecular complexity index is 602. The zero-order chi connectivity index (χ0) is 14.0. The van der Waals surface area contributed by atoms with Crippen molar-refractivity contribution in [1.29, 1.82) is 0 Å². The number of benzene rings is 2. The molecule has 0 fully saturated rings. The van der Waals surface area contributed by atoms with E-state index in [1.54, 1.807) is 13.2 Å². The minimum Gasteiger partial charge on any atom is -0.496 e. The summed E-state index contributed by atoms with van der Waals surface area (Å²) in [6.45, 7) is 0. The molecule has 5 heteroatoms. The lowest BCUT2D eigenvalue weighted by molar-refractivity contribution is 0.410. The van der Waals surface area contributed by atoms with E-state index in [1.807, 2.05) is 30.3 Å². The molecule has 0 aliphatic heterocycles. The summed E-state index contributed by atoms with van der Waals surface area (Å²) in [7, 11) is 1.63. The van der Waals surface area contributed by atoms with Crippen molar-refractivity contribution < 1.29 is 4.74 Å². The standard InChI is InChI=1S/C14H10Br2Cl2O/c1-19-13-5-3-9(17)7-11(13)14(16)10-6-8(15)2-4-12(10)18/h2-7,14H,1H3. The molecule has 1 atom stereocenters. The number of halogens is 4. The van der Waals surface area contributed by atoms with Gasteiger partial charge in [0, 0.05) is 20.1 Å². The van der Waals surface area contributed by atoms with Crippen LogP contribution in [0.4, 0.5) is 0 Å². The van der Waals surface area contributed by atoms with Gasteiger partial charge in [-0.25, -0.2) is 0 Å². The van der Waals surface area contributed by atoms with Crippen LogP contribution in [-0.4, -0.2) is 7.11 Å².